The van der Waals surface area contributed by atoms with Gasteiger partial charge in [-0.2, -0.15) is 4.98 Å². The second-order valence-electron chi connectivity index (χ2n) is 3.29. The van der Waals surface area contributed by atoms with E-state index in [1.54, 1.807) is 13.8 Å². The highest BCUT2D eigenvalue weighted by molar-refractivity contribution is 5.71. The molecule has 1 unspecified atom stereocenters. The Bertz CT molecular complexity index is 324. The summed E-state index contributed by atoms with van der Waals surface area (Å²) in [5, 5.41) is 6.68. The molecule has 0 aliphatic rings. The molecular weight excluding hydrogens is 198 g/mol. The molecule has 0 bridgehead atoms. The number of hydrogen-bond donors (Lipinski definition) is 1. The molecule has 1 N–H and O–H groups in total. The van der Waals surface area contributed by atoms with Crippen LogP contribution in [-0.2, 0) is 16.1 Å². The van der Waals surface area contributed by atoms with Crippen LogP contribution in [0.1, 0.15) is 18.6 Å². The van der Waals surface area contributed by atoms with E-state index in [1.165, 1.54) is 7.11 Å². The van der Waals surface area contributed by atoms with Crippen molar-refractivity contribution in [2.45, 2.75) is 20.4 Å². The smallest absolute Gasteiger partial charge is 0.309 e. The number of esters is 1. The standard InChI is InChI=1S/C9H15N3O3/c1-6(9(13)14-3)4-10-5-8-11-7(2)12-15-8/h6,10H,4-5H2,1-3H3. The second-order valence-corrected chi connectivity index (χ2v) is 3.29. The Morgan fingerprint density at radius 3 is 2.93 bits per heavy atom. The molecule has 6 heteroatoms. The molecule has 0 saturated heterocycles. The molecule has 0 radical (unpaired) electrons. The first kappa shape index (κ1) is 11.6. The number of ether oxygens (including phenoxy) is 1. The molecule has 0 spiro atoms. The zero-order valence-electron chi connectivity index (χ0n) is 9.11. The highest BCUT2D eigenvalue weighted by Crippen LogP contribution is 1.98. The molecule has 1 heterocycles. The Morgan fingerprint density at radius 2 is 2.40 bits per heavy atom. The van der Waals surface area contributed by atoms with E-state index in [9.17, 15) is 4.79 Å². The highest BCUT2D eigenvalue weighted by atomic mass is 16.5. The molecule has 0 aromatic carbocycles. The van der Waals surface area contributed by atoms with E-state index in [2.05, 4.69) is 20.2 Å². The molecule has 1 aromatic heterocycles. The average Bonchev–Trinajstić information content (AvgIpc) is 2.63. The van der Waals surface area contributed by atoms with E-state index in [-0.39, 0.29) is 11.9 Å². The van der Waals surface area contributed by atoms with Crippen LogP contribution in [0.3, 0.4) is 0 Å². The molecule has 6 nitrogen and oxygen atoms in total. The van der Waals surface area contributed by atoms with E-state index in [0.29, 0.717) is 24.8 Å². The highest BCUT2D eigenvalue weighted by Gasteiger charge is 2.12. The van der Waals surface area contributed by atoms with Crippen LogP contribution in [0.15, 0.2) is 4.52 Å². The quantitative estimate of drug-likeness (QED) is 0.708. The van der Waals surface area contributed by atoms with Gasteiger partial charge < -0.3 is 14.6 Å². The van der Waals surface area contributed by atoms with Gasteiger partial charge in [-0.1, -0.05) is 12.1 Å². The number of hydrogen-bond acceptors (Lipinski definition) is 6. The van der Waals surface area contributed by atoms with Crippen LogP contribution >= 0.6 is 0 Å². The number of aromatic nitrogens is 2. The van der Waals surface area contributed by atoms with Gasteiger partial charge in [-0.05, 0) is 6.92 Å². The molecule has 1 atom stereocenters. The fourth-order valence-electron chi connectivity index (χ4n) is 1.09. The van der Waals surface area contributed by atoms with Crippen molar-refractivity contribution in [1.82, 2.24) is 15.5 Å². The van der Waals surface area contributed by atoms with Gasteiger partial charge in [-0.25, -0.2) is 0 Å². The maximum Gasteiger partial charge on any atom is 0.309 e. The van der Waals surface area contributed by atoms with Crippen LogP contribution < -0.4 is 5.32 Å². The van der Waals surface area contributed by atoms with Gasteiger partial charge in [0.2, 0.25) is 5.89 Å². The lowest BCUT2D eigenvalue weighted by molar-refractivity contribution is -0.144. The number of nitrogens with one attached hydrogen (secondary N) is 1. The summed E-state index contributed by atoms with van der Waals surface area (Å²) in [7, 11) is 1.38. The maximum absolute atomic E-state index is 11.0. The molecule has 0 aliphatic heterocycles. The lowest BCUT2D eigenvalue weighted by Gasteiger charge is -2.08. The number of carbonyl (C=O) groups excluding carboxylic acids is 1. The number of aryl methyl sites for hydroxylation is 1. The summed E-state index contributed by atoms with van der Waals surface area (Å²) in [6.07, 6.45) is 0. The summed E-state index contributed by atoms with van der Waals surface area (Å²) >= 11 is 0. The summed E-state index contributed by atoms with van der Waals surface area (Å²) in [5.74, 6) is 0.709. The first-order chi connectivity index (χ1) is 7.13. The third kappa shape index (κ3) is 3.67. The van der Waals surface area contributed by atoms with E-state index in [1.807, 2.05) is 0 Å². The monoisotopic (exact) mass is 213 g/mol. The van der Waals surface area contributed by atoms with Gasteiger partial charge in [0.15, 0.2) is 5.82 Å². The van der Waals surface area contributed by atoms with Gasteiger partial charge in [0.25, 0.3) is 0 Å². The summed E-state index contributed by atoms with van der Waals surface area (Å²) in [4.78, 5) is 15.1. The van der Waals surface area contributed by atoms with Crippen LogP contribution in [0, 0.1) is 12.8 Å². The Labute approximate surface area is 88.0 Å². The Balaban J connectivity index is 2.24. The van der Waals surface area contributed by atoms with Crippen molar-refractivity contribution in [2.75, 3.05) is 13.7 Å². The van der Waals surface area contributed by atoms with Crippen LogP contribution in [0.25, 0.3) is 0 Å². The van der Waals surface area contributed by atoms with Gasteiger partial charge >= 0.3 is 5.97 Å². The molecule has 1 rings (SSSR count). The predicted molar refractivity (Wildman–Crippen MR) is 51.9 cm³/mol. The number of carbonyl (C=O) groups is 1. The van der Waals surface area contributed by atoms with Crippen molar-refractivity contribution >= 4 is 5.97 Å². The fourth-order valence-corrected chi connectivity index (χ4v) is 1.09. The molecular formula is C9H15N3O3. The SMILES string of the molecule is COC(=O)C(C)CNCc1nc(C)no1. The van der Waals surface area contributed by atoms with Gasteiger partial charge in [-0.3, -0.25) is 4.79 Å². The van der Waals surface area contributed by atoms with Gasteiger partial charge in [0.1, 0.15) is 0 Å². The first-order valence-electron chi connectivity index (χ1n) is 4.71. The topological polar surface area (TPSA) is 77.2 Å². The van der Waals surface area contributed by atoms with Gasteiger partial charge in [0, 0.05) is 6.54 Å². The molecule has 0 amide bonds. The minimum absolute atomic E-state index is 0.181. The first-order valence-corrected chi connectivity index (χ1v) is 4.71. The third-order valence-electron chi connectivity index (χ3n) is 1.90. The third-order valence-corrected chi connectivity index (χ3v) is 1.90. The second kappa shape index (κ2) is 5.45. The average molecular weight is 213 g/mol. The summed E-state index contributed by atoms with van der Waals surface area (Å²) in [6, 6.07) is 0. The van der Waals surface area contributed by atoms with E-state index in [4.69, 9.17) is 4.52 Å². The van der Waals surface area contributed by atoms with Crippen molar-refractivity contribution < 1.29 is 14.1 Å². The fraction of sp³-hybridized carbons (Fsp3) is 0.667. The summed E-state index contributed by atoms with van der Waals surface area (Å²) in [5.41, 5.74) is 0. The van der Waals surface area contributed by atoms with Crippen LogP contribution in [0.2, 0.25) is 0 Å². The predicted octanol–water partition coefficient (Wildman–Crippen LogP) is 0.277. The summed E-state index contributed by atoms with van der Waals surface area (Å²) < 4.78 is 9.48. The van der Waals surface area contributed by atoms with Crippen LogP contribution in [0.4, 0.5) is 0 Å². The Hall–Kier alpha value is -1.43. The minimum atomic E-state index is -0.232. The number of methoxy groups -OCH3 is 1. The van der Waals surface area contributed by atoms with Crippen molar-refractivity contribution in [3.05, 3.63) is 11.7 Å². The minimum Gasteiger partial charge on any atom is -0.469 e. The molecule has 1 aromatic rings. The Kier molecular flexibility index (Phi) is 4.23. The van der Waals surface area contributed by atoms with Crippen molar-refractivity contribution in [3.8, 4) is 0 Å². The van der Waals surface area contributed by atoms with Crippen molar-refractivity contribution in [1.29, 1.82) is 0 Å². The zero-order valence-corrected chi connectivity index (χ0v) is 9.11. The molecule has 0 fully saturated rings. The van der Waals surface area contributed by atoms with E-state index in [0.717, 1.165) is 0 Å². The lowest BCUT2D eigenvalue weighted by Crippen LogP contribution is -2.27. The van der Waals surface area contributed by atoms with Gasteiger partial charge in [-0.15, -0.1) is 0 Å². The van der Waals surface area contributed by atoms with Crippen molar-refractivity contribution in [3.63, 3.8) is 0 Å². The number of rotatable bonds is 5. The lowest BCUT2D eigenvalue weighted by atomic mass is 10.2. The van der Waals surface area contributed by atoms with Crippen LogP contribution in [-0.4, -0.2) is 29.8 Å². The number of nitrogens with zero attached hydrogens (tertiary/aromatic N) is 2. The molecule has 84 valence electrons. The van der Waals surface area contributed by atoms with E-state index < -0.39 is 0 Å². The molecule has 0 saturated carbocycles. The summed E-state index contributed by atoms with van der Waals surface area (Å²) in [6.45, 7) is 4.53. The zero-order chi connectivity index (χ0) is 11.3. The normalized spacial score (nSPS) is 12.5. The maximum atomic E-state index is 11.0. The molecule has 0 aliphatic carbocycles. The van der Waals surface area contributed by atoms with E-state index >= 15 is 0 Å². The largest absolute Gasteiger partial charge is 0.469 e. The van der Waals surface area contributed by atoms with Gasteiger partial charge in [0.05, 0.1) is 19.6 Å². The Morgan fingerprint density at radius 1 is 1.67 bits per heavy atom. The van der Waals surface area contributed by atoms with Crippen LogP contribution in [0.5, 0.6) is 0 Å². The van der Waals surface area contributed by atoms with Crippen molar-refractivity contribution in [2.24, 2.45) is 5.92 Å². The molecule has 15 heavy (non-hydrogen) atoms.